The number of allylic oxidation sites excluding steroid dienone is 2. The summed E-state index contributed by atoms with van der Waals surface area (Å²) in [7, 11) is 0. The van der Waals surface area contributed by atoms with Crippen molar-refractivity contribution in [3.63, 3.8) is 0 Å². The van der Waals surface area contributed by atoms with Crippen LogP contribution in [-0.2, 0) is 4.79 Å². The maximum atomic E-state index is 11.6. The molecule has 1 nitrogen and oxygen atoms in total. The molecule has 1 aliphatic carbocycles. The highest BCUT2D eigenvalue weighted by molar-refractivity contribution is 6.08. The first-order valence-corrected chi connectivity index (χ1v) is 1.96. The van der Waals surface area contributed by atoms with Gasteiger partial charge < -0.3 is 0 Å². The molecule has 50 valence electrons. The van der Waals surface area contributed by atoms with Crippen molar-refractivity contribution in [2.75, 3.05) is 0 Å². The molecule has 9 heavy (non-hydrogen) atoms. The Kier molecular flexibility index (Phi) is 0.932. The molecular weight excluding hydrogens is 140 g/mol. The van der Waals surface area contributed by atoms with E-state index in [0.717, 1.165) is 0 Å². The largest absolute Gasteiger partial charge is 0.365 e. The summed E-state index contributed by atoms with van der Waals surface area (Å²) in [6.07, 6.45) is 0. The summed E-state index contributed by atoms with van der Waals surface area (Å²) in [6.45, 7) is 0. The summed E-state index contributed by atoms with van der Waals surface area (Å²) in [5.41, 5.74) is 0. The lowest BCUT2D eigenvalue weighted by molar-refractivity contribution is -0.144. The van der Waals surface area contributed by atoms with Gasteiger partial charge >= 0.3 is 5.92 Å². The Bertz CT molecular complexity index is 205. The first kappa shape index (κ1) is 6.25. The van der Waals surface area contributed by atoms with Crippen LogP contribution in [0.5, 0.6) is 0 Å². The summed E-state index contributed by atoms with van der Waals surface area (Å²) in [4.78, 5) is 9.67. The third-order valence-corrected chi connectivity index (χ3v) is 0.953. The van der Waals surface area contributed by atoms with Crippen LogP contribution in [0, 0.1) is 0 Å². The molecule has 0 saturated heterocycles. The molecule has 0 atom stereocenters. The number of rotatable bonds is 0. The first-order chi connectivity index (χ1) is 3.98. The van der Waals surface area contributed by atoms with E-state index in [1.165, 1.54) is 0 Å². The normalized spacial score (nSPS) is 24.2. The smallest absolute Gasteiger partial charge is 0.284 e. The maximum absolute atomic E-state index is 11.6. The Morgan fingerprint density at radius 1 is 1.22 bits per heavy atom. The lowest BCUT2D eigenvalue weighted by Gasteiger charge is -2.19. The summed E-state index contributed by atoms with van der Waals surface area (Å²) < 4.78 is 46.1. The van der Waals surface area contributed by atoms with Crippen molar-refractivity contribution in [2.24, 2.45) is 0 Å². The van der Waals surface area contributed by atoms with Crippen LogP contribution in [0.4, 0.5) is 17.6 Å². The van der Waals surface area contributed by atoms with E-state index in [1.54, 1.807) is 0 Å². The number of alkyl halides is 2. The van der Waals surface area contributed by atoms with Crippen LogP contribution in [0.3, 0.4) is 0 Å². The highest BCUT2D eigenvalue weighted by Crippen LogP contribution is 2.41. The van der Waals surface area contributed by atoms with Crippen LogP contribution >= 0.6 is 0 Å². The number of Topliss-reactive ketones (excluding diaryl/α,β-unsaturated/α-hetero) is 1. The van der Waals surface area contributed by atoms with Gasteiger partial charge in [-0.15, -0.1) is 0 Å². The molecule has 1 rings (SSSR count). The molecule has 0 aromatic carbocycles. The van der Waals surface area contributed by atoms with E-state index in [1.807, 2.05) is 0 Å². The standard InChI is InChI=1S/C4F4O/c5-1-2(6)4(7,8)3(1)9. The van der Waals surface area contributed by atoms with Crippen molar-refractivity contribution in [1.82, 2.24) is 0 Å². The summed E-state index contributed by atoms with van der Waals surface area (Å²) >= 11 is 0. The van der Waals surface area contributed by atoms with E-state index in [-0.39, 0.29) is 0 Å². The number of carbonyl (C=O) groups excluding carboxylic acids is 1. The second-order valence-electron chi connectivity index (χ2n) is 1.53. The average molecular weight is 140 g/mol. The molecule has 0 N–H and O–H groups in total. The molecule has 0 spiro atoms. The van der Waals surface area contributed by atoms with Gasteiger partial charge in [0.2, 0.25) is 11.7 Å². The van der Waals surface area contributed by atoms with Crippen LogP contribution in [-0.4, -0.2) is 11.7 Å². The van der Waals surface area contributed by atoms with E-state index in [0.29, 0.717) is 0 Å². The number of hydrogen-bond donors (Lipinski definition) is 0. The molecule has 0 bridgehead atoms. The number of halogens is 4. The van der Waals surface area contributed by atoms with Gasteiger partial charge in [0.15, 0.2) is 0 Å². The average Bonchev–Trinajstić information content (AvgIpc) is 1.84. The van der Waals surface area contributed by atoms with E-state index in [9.17, 15) is 22.4 Å². The van der Waals surface area contributed by atoms with Crippen LogP contribution in [0.2, 0.25) is 0 Å². The fraction of sp³-hybridized carbons (Fsp3) is 0.250. The van der Waals surface area contributed by atoms with Gasteiger partial charge in [0.05, 0.1) is 0 Å². The fourth-order valence-corrected chi connectivity index (χ4v) is 0.413. The zero-order valence-corrected chi connectivity index (χ0v) is 3.92. The Labute approximate surface area is 47.0 Å². The van der Waals surface area contributed by atoms with Gasteiger partial charge in [-0.3, -0.25) is 4.79 Å². The topological polar surface area (TPSA) is 17.1 Å². The van der Waals surface area contributed by atoms with Gasteiger partial charge in [-0.1, -0.05) is 0 Å². The van der Waals surface area contributed by atoms with Crippen LogP contribution in [0.25, 0.3) is 0 Å². The van der Waals surface area contributed by atoms with Crippen LogP contribution < -0.4 is 0 Å². The molecule has 0 heterocycles. The van der Waals surface area contributed by atoms with Gasteiger partial charge in [-0.2, -0.15) is 13.2 Å². The predicted molar refractivity (Wildman–Crippen MR) is 19.2 cm³/mol. The minimum atomic E-state index is -4.19. The van der Waals surface area contributed by atoms with Gasteiger partial charge in [0.25, 0.3) is 5.78 Å². The van der Waals surface area contributed by atoms with Crippen molar-refractivity contribution in [3.8, 4) is 0 Å². The van der Waals surface area contributed by atoms with Crippen molar-refractivity contribution >= 4 is 5.78 Å². The van der Waals surface area contributed by atoms with Crippen LogP contribution in [0.1, 0.15) is 0 Å². The van der Waals surface area contributed by atoms with Crippen molar-refractivity contribution in [3.05, 3.63) is 11.7 Å². The third-order valence-electron chi connectivity index (χ3n) is 0.953. The minimum absolute atomic E-state index is 1.96. The molecule has 1 aliphatic rings. The highest BCUT2D eigenvalue weighted by atomic mass is 19.3. The maximum Gasteiger partial charge on any atom is 0.365 e. The first-order valence-electron chi connectivity index (χ1n) is 1.96. The zero-order valence-electron chi connectivity index (χ0n) is 3.92. The Morgan fingerprint density at radius 3 is 1.78 bits per heavy atom. The molecule has 0 radical (unpaired) electrons. The van der Waals surface area contributed by atoms with Gasteiger partial charge in [0.1, 0.15) is 0 Å². The van der Waals surface area contributed by atoms with E-state index in [4.69, 9.17) is 0 Å². The molecule has 0 saturated carbocycles. The second-order valence-corrected chi connectivity index (χ2v) is 1.53. The number of hydrogen-bond acceptors (Lipinski definition) is 1. The number of carbonyl (C=O) groups is 1. The molecule has 0 aliphatic heterocycles. The van der Waals surface area contributed by atoms with Crippen molar-refractivity contribution < 1.29 is 22.4 Å². The quantitative estimate of drug-likeness (QED) is 0.464. The second kappa shape index (κ2) is 1.34. The molecule has 0 aromatic heterocycles. The molecule has 0 amide bonds. The van der Waals surface area contributed by atoms with Crippen LogP contribution in [0.15, 0.2) is 11.7 Å². The zero-order chi connectivity index (χ0) is 7.23. The molecular formula is C4F4O. The monoisotopic (exact) mass is 140 g/mol. The lowest BCUT2D eigenvalue weighted by Crippen LogP contribution is -2.40. The SMILES string of the molecule is O=C1C(F)=C(F)C1(F)F. The highest BCUT2D eigenvalue weighted by Gasteiger charge is 2.58. The van der Waals surface area contributed by atoms with E-state index in [2.05, 4.69) is 0 Å². The Balaban J connectivity index is 3.06. The molecule has 5 heteroatoms. The summed E-state index contributed by atoms with van der Waals surface area (Å²) in [6, 6.07) is 0. The summed E-state index contributed by atoms with van der Waals surface area (Å²) in [5.74, 6) is -10.5. The van der Waals surface area contributed by atoms with Gasteiger partial charge in [-0.05, 0) is 0 Å². The molecule has 0 unspecified atom stereocenters. The Hall–Kier alpha value is -0.870. The number of ketones is 1. The Morgan fingerprint density at radius 2 is 1.67 bits per heavy atom. The van der Waals surface area contributed by atoms with Crippen molar-refractivity contribution in [2.45, 2.75) is 5.92 Å². The van der Waals surface area contributed by atoms with Gasteiger partial charge in [0, 0.05) is 0 Å². The third kappa shape index (κ3) is 0.513. The predicted octanol–water partition coefficient (Wildman–Crippen LogP) is 1.35. The van der Waals surface area contributed by atoms with Crippen molar-refractivity contribution in [1.29, 1.82) is 0 Å². The van der Waals surface area contributed by atoms with Gasteiger partial charge in [-0.25, -0.2) is 4.39 Å². The fourth-order valence-electron chi connectivity index (χ4n) is 0.413. The van der Waals surface area contributed by atoms with E-state index < -0.39 is 23.4 Å². The lowest BCUT2D eigenvalue weighted by atomic mass is 10.0. The summed E-state index contributed by atoms with van der Waals surface area (Å²) in [5, 5.41) is 0. The molecule has 0 fully saturated rings. The van der Waals surface area contributed by atoms with E-state index >= 15 is 0 Å². The minimum Gasteiger partial charge on any atom is -0.284 e. The molecule has 0 aromatic rings.